The molecule has 0 aliphatic heterocycles. The number of thiazole rings is 1. The third kappa shape index (κ3) is 1.53. The van der Waals surface area contributed by atoms with Crippen LogP contribution in [-0.4, -0.2) is 11.3 Å². The molecule has 0 atom stereocenters. The first-order valence-corrected chi connectivity index (χ1v) is 5.43. The maximum atomic E-state index is 10.9. The summed E-state index contributed by atoms with van der Waals surface area (Å²) in [5.74, 6) is 0.639. The predicted molar refractivity (Wildman–Crippen MR) is 53.2 cm³/mol. The van der Waals surface area contributed by atoms with Crippen LogP contribution >= 0.6 is 11.3 Å². The zero-order valence-corrected chi connectivity index (χ0v) is 8.73. The fraction of sp³-hybridized carbons (Fsp3) is 0.600. The van der Waals surface area contributed by atoms with Crippen LogP contribution in [0.1, 0.15) is 43.2 Å². The number of hydrogen-bond acceptors (Lipinski definition) is 3. The molecule has 1 aliphatic rings. The Hall–Kier alpha value is -0.700. The SMILES string of the molecule is CC(C)(C=O)c1scnc1C1CC1. The summed E-state index contributed by atoms with van der Waals surface area (Å²) in [7, 11) is 0. The largest absolute Gasteiger partial charge is 0.302 e. The van der Waals surface area contributed by atoms with Crippen LogP contribution in [0.5, 0.6) is 0 Å². The summed E-state index contributed by atoms with van der Waals surface area (Å²) in [5, 5.41) is 0. The van der Waals surface area contributed by atoms with Gasteiger partial charge >= 0.3 is 0 Å². The van der Waals surface area contributed by atoms with Crippen LogP contribution in [0.4, 0.5) is 0 Å². The molecule has 0 spiro atoms. The van der Waals surface area contributed by atoms with Gasteiger partial charge in [0.05, 0.1) is 16.6 Å². The second-order valence-electron chi connectivity index (χ2n) is 4.18. The molecule has 3 heteroatoms. The molecule has 2 rings (SSSR count). The summed E-state index contributed by atoms with van der Waals surface area (Å²) in [6.07, 6.45) is 3.50. The van der Waals surface area contributed by atoms with Crippen molar-refractivity contribution >= 4 is 17.6 Å². The van der Waals surface area contributed by atoms with E-state index in [-0.39, 0.29) is 5.41 Å². The molecule has 1 aromatic heterocycles. The monoisotopic (exact) mass is 195 g/mol. The minimum absolute atomic E-state index is 0.348. The van der Waals surface area contributed by atoms with Crippen LogP contribution in [0.25, 0.3) is 0 Å². The van der Waals surface area contributed by atoms with Gasteiger partial charge in [-0.15, -0.1) is 11.3 Å². The van der Waals surface area contributed by atoms with Gasteiger partial charge in [-0.05, 0) is 26.7 Å². The highest BCUT2D eigenvalue weighted by atomic mass is 32.1. The normalized spacial score (nSPS) is 17.4. The van der Waals surface area contributed by atoms with Crippen molar-refractivity contribution in [3.63, 3.8) is 0 Å². The molecule has 1 saturated carbocycles. The van der Waals surface area contributed by atoms with E-state index in [1.54, 1.807) is 11.3 Å². The van der Waals surface area contributed by atoms with Crippen molar-refractivity contribution in [2.75, 3.05) is 0 Å². The summed E-state index contributed by atoms with van der Waals surface area (Å²) in [5.41, 5.74) is 2.68. The molecule has 1 heterocycles. The summed E-state index contributed by atoms with van der Waals surface area (Å²) in [6.45, 7) is 3.92. The van der Waals surface area contributed by atoms with E-state index in [1.165, 1.54) is 18.5 Å². The average molecular weight is 195 g/mol. The number of rotatable bonds is 3. The second kappa shape index (κ2) is 2.91. The van der Waals surface area contributed by atoms with Crippen LogP contribution in [-0.2, 0) is 10.2 Å². The molecule has 1 aliphatic carbocycles. The topological polar surface area (TPSA) is 30.0 Å². The summed E-state index contributed by atoms with van der Waals surface area (Å²) in [4.78, 5) is 16.4. The highest BCUT2D eigenvalue weighted by molar-refractivity contribution is 7.10. The van der Waals surface area contributed by atoms with Gasteiger partial charge < -0.3 is 4.79 Å². The van der Waals surface area contributed by atoms with Crippen molar-refractivity contribution in [3.05, 3.63) is 16.1 Å². The molecule has 0 radical (unpaired) electrons. The molecule has 0 bridgehead atoms. The first-order chi connectivity index (χ1) is 6.15. The van der Waals surface area contributed by atoms with Gasteiger partial charge in [-0.3, -0.25) is 0 Å². The Balaban J connectivity index is 2.38. The molecule has 0 aromatic carbocycles. The highest BCUT2D eigenvalue weighted by Gasteiger charge is 2.33. The number of aromatic nitrogens is 1. The summed E-state index contributed by atoms with van der Waals surface area (Å²) >= 11 is 1.61. The zero-order valence-electron chi connectivity index (χ0n) is 7.91. The lowest BCUT2D eigenvalue weighted by atomic mass is 9.91. The van der Waals surface area contributed by atoms with E-state index in [1.807, 2.05) is 19.4 Å². The van der Waals surface area contributed by atoms with E-state index in [0.717, 1.165) is 11.2 Å². The molecule has 70 valence electrons. The van der Waals surface area contributed by atoms with Gasteiger partial charge in [0.15, 0.2) is 0 Å². The molecule has 1 fully saturated rings. The van der Waals surface area contributed by atoms with Gasteiger partial charge in [-0.1, -0.05) is 0 Å². The third-order valence-corrected chi connectivity index (χ3v) is 3.62. The first-order valence-electron chi connectivity index (χ1n) is 4.55. The fourth-order valence-corrected chi connectivity index (χ4v) is 2.40. The Bertz CT molecular complexity index is 325. The molecular weight excluding hydrogens is 182 g/mol. The quantitative estimate of drug-likeness (QED) is 0.694. The van der Waals surface area contributed by atoms with Crippen molar-refractivity contribution in [3.8, 4) is 0 Å². The molecule has 13 heavy (non-hydrogen) atoms. The predicted octanol–water partition coefficient (Wildman–Crippen LogP) is 2.50. The Morgan fingerprint density at radius 1 is 1.62 bits per heavy atom. The van der Waals surface area contributed by atoms with Gasteiger partial charge in [0.25, 0.3) is 0 Å². The number of nitrogens with zero attached hydrogens (tertiary/aromatic N) is 1. The first kappa shape index (κ1) is 8.88. The van der Waals surface area contributed by atoms with Crippen molar-refractivity contribution in [1.82, 2.24) is 4.98 Å². The van der Waals surface area contributed by atoms with Gasteiger partial charge in [0, 0.05) is 10.8 Å². The minimum Gasteiger partial charge on any atom is -0.302 e. The fourth-order valence-electron chi connectivity index (χ4n) is 1.44. The summed E-state index contributed by atoms with van der Waals surface area (Å²) in [6, 6.07) is 0. The highest BCUT2D eigenvalue weighted by Crippen LogP contribution is 2.44. The molecular formula is C10H13NOS. The van der Waals surface area contributed by atoms with Crippen LogP contribution in [0.15, 0.2) is 5.51 Å². The van der Waals surface area contributed by atoms with Crippen LogP contribution < -0.4 is 0 Å². The van der Waals surface area contributed by atoms with E-state index >= 15 is 0 Å². The van der Waals surface area contributed by atoms with E-state index in [9.17, 15) is 4.79 Å². The van der Waals surface area contributed by atoms with E-state index < -0.39 is 0 Å². The van der Waals surface area contributed by atoms with Crippen LogP contribution in [0.3, 0.4) is 0 Å². The van der Waals surface area contributed by atoms with Crippen molar-refractivity contribution in [2.24, 2.45) is 0 Å². The Morgan fingerprint density at radius 2 is 2.31 bits per heavy atom. The lowest BCUT2D eigenvalue weighted by Crippen LogP contribution is -2.18. The Kier molecular flexibility index (Phi) is 1.99. The van der Waals surface area contributed by atoms with Gasteiger partial charge in [-0.25, -0.2) is 4.98 Å². The molecule has 1 aromatic rings. The molecule has 2 nitrogen and oxygen atoms in total. The van der Waals surface area contributed by atoms with Crippen LogP contribution in [0, 0.1) is 0 Å². The van der Waals surface area contributed by atoms with Crippen molar-refractivity contribution in [2.45, 2.75) is 38.0 Å². The third-order valence-electron chi connectivity index (χ3n) is 2.44. The summed E-state index contributed by atoms with van der Waals surface area (Å²) < 4.78 is 0. The Labute approximate surface area is 82.0 Å². The van der Waals surface area contributed by atoms with Crippen molar-refractivity contribution < 1.29 is 4.79 Å². The van der Waals surface area contributed by atoms with E-state index in [2.05, 4.69) is 4.98 Å². The zero-order chi connectivity index (χ0) is 9.47. The van der Waals surface area contributed by atoms with E-state index in [0.29, 0.717) is 5.92 Å². The number of hydrogen-bond donors (Lipinski definition) is 0. The molecule has 0 N–H and O–H groups in total. The average Bonchev–Trinajstić information content (AvgIpc) is 2.83. The van der Waals surface area contributed by atoms with E-state index in [4.69, 9.17) is 0 Å². The Morgan fingerprint density at radius 3 is 2.85 bits per heavy atom. The maximum absolute atomic E-state index is 10.9. The lowest BCUT2D eigenvalue weighted by molar-refractivity contribution is -0.111. The van der Waals surface area contributed by atoms with Crippen molar-refractivity contribution in [1.29, 1.82) is 0 Å². The van der Waals surface area contributed by atoms with Gasteiger partial charge in [0.2, 0.25) is 0 Å². The molecule has 0 amide bonds. The molecule has 0 unspecified atom stereocenters. The minimum atomic E-state index is -0.348. The molecule has 0 saturated heterocycles. The number of carbonyl (C=O) groups excluding carboxylic acids is 1. The second-order valence-corrected chi connectivity index (χ2v) is 5.04. The standard InChI is InChI=1S/C10H13NOS/c1-10(2,5-12)9-8(7-3-4-7)11-6-13-9/h5-7H,3-4H2,1-2H3. The maximum Gasteiger partial charge on any atom is 0.130 e. The lowest BCUT2D eigenvalue weighted by Gasteiger charge is -2.15. The van der Waals surface area contributed by atoms with Gasteiger partial charge in [-0.2, -0.15) is 0 Å². The number of carbonyl (C=O) groups is 1. The smallest absolute Gasteiger partial charge is 0.130 e. The number of aldehydes is 1. The van der Waals surface area contributed by atoms with Gasteiger partial charge in [0.1, 0.15) is 6.29 Å². The van der Waals surface area contributed by atoms with Crippen LogP contribution in [0.2, 0.25) is 0 Å².